The molecule has 0 spiro atoms. The van der Waals surface area contributed by atoms with Crippen molar-refractivity contribution in [2.45, 2.75) is 26.2 Å². The van der Waals surface area contributed by atoms with Gasteiger partial charge in [0.2, 0.25) is 0 Å². The van der Waals surface area contributed by atoms with Gasteiger partial charge >= 0.3 is 0 Å². The van der Waals surface area contributed by atoms with Crippen molar-refractivity contribution in [3.63, 3.8) is 0 Å². The molecular weight excluding hydrogens is 312 g/mol. The van der Waals surface area contributed by atoms with Crippen LogP contribution in [0.5, 0.6) is 0 Å². The first-order chi connectivity index (χ1) is 12.2. The summed E-state index contributed by atoms with van der Waals surface area (Å²) in [6.07, 6.45) is 2.65. The second kappa shape index (κ2) is 7.71. The summed E-state index contributed by atoms with van der Waals surface area (Å²) in [4.78, 5) is 13.6. The van der Waals surface area contributed by atoms with E-state index < -0.39 is 0 Å². The van der Waals surface area contributed by atoms with Crippen LogP contribution in [-0.4, -0.2) is 18.9 Å². The molecule has 5 heteroatoms. The maximum atomic E-state index is 11.3. The van der Waals surface area contributed by atoms with E-state index in [-0.39, 0.29) is 5.78 Å². The molecule has 0 saturated heterocycles. The molecule has 0 amide bonds. The fourth-order valence-corrected chi connectivity index (χ4v) is 3.02. The summed E-state index contributed by atoms with van der Waals surface area (Å²) in [6, 6.07) is 15.4. The molecule has 5 nitrogen and oxygen atoms in total. The highest BCUT2D eigenvalue weighted by Crippen LogP contribution is 2.31. The van der Waals surface area contributed by atoms with Gasteiger partial charge in [-0.3, -0.25) is 4.79 Å². The van der Waals surface area contributed by atoms with Gasteiger partial charge in [0.25, 0.3) is 0 Å². The average Bonchev–Trinajstić information content (AvgIpc) is 2.64. The van der Waals surface area contributed by atoms with Crippen LogP contribution < -0.4 is 4.90 Å². The lowest BCUT2D eigenvalue weighted by Gasteiger charge is -2.30. The van der Waals surface area contributed by atoms with Gasteiger partial charge in [0.15, 0.2) is 5.78 Å². The summed E-state index contributed by atoms with van der Waals surface area (Å²) in [5.74, 6) is 0.0409. The van der Waals surface area contributed by atoms with Gasteiger partial charge < -0.3 is 4.90 Å². The SMILES string of the molecule is CC(=O)c1ccc(N=Nc2ccc3c(c2)CCCN3CCC#N)cc1. The molecule has 0 fully saturated rings. The van der Waals surface area contributed by atoms with Crippen LogP contribution in [0.1, 0.15) is 35.7 Å². The number of rotatable bonds is 5. The quantitative estimate of drug-likeness (QED) is 0.573. The van der Waals surface area contributed by atoms with Crippen LogP contribution in [0.25, 0.3) is 0 Å². The lowest BCUT2D eigenvalue weighted by atomic mass is 10.0. The number of nitriles is 1. The van der Waals surface area contributed by atoms with Crippen molar-refractivity contribution < 1.29 is 4.79 Å². The second-order valence-corrected chi connectivity index (χ2v) is 6.11. The summed E-state index contributed by atoms with van der Waals surface area (Å²) >= 11 is 0. The van der Waals surface area contributed by atoms with Gasteiger partial charge in [0.1, 0.15) is 0 Å². The molecule has 0 N–H and O–H groups in total. The smallest absolute Gasteiger partial charge is 0.159 e. The molecule has 0 unspecified atom stereocenters. The Morgan fingerprint density at radius 3 is 2.60 bits per heavy atom. The van der Waals surface area contributed by atoms with Crippen molar-refractivity contribution in [1.29, 1.82) is 5.26 Å². The highest BCUT2D eigenvalue weighted by atomic mass is 16.1. The normalized spacial score (nSPS) is 13.5. The summed E-state index contributed by atoms with van der Waals surface area (Å²) in [5, 5.41) is 17.4. The highest BCUT2D eigenvalue weighted by molar-refractivity contribution is 5.94. The maximum Gasteiger partial charge on any atom is 0.159 e. The third kappa shape index (κ3) is 4.10. The number of benzene rings is 2. The molecule has 1 aliphatic heterocycles. The Morgan fingerprint density at radius 1 is 1.16 bits per heavy atom. The first kappa shape index (κ1) is 16.8. The first-order valence-electron chi connectivity index (χ1n) is 8.45. The van der Waals surface area contributed by atoms with Gasteiger partial charge in [-0.1, -0.05) is 0 Å². The summed E-state index contributed by atoms with van der Waals surface area (Å²) < 4.78 is 0. The van der Waals surface area contributed by atoms with Crippen molar-refractivity contribution in [3.05, 3.63) is 53.6 Å². The van der Waals surface area contributed by atoms with Gasteiger partial charge in [-0.15, -0.1) is 0 Å². The molecule has 2 aromatic rings. The molecule has 2 aromatic carbocycles. The number of azo groups is 1. The number of carbonyl (C=O) groups excluding carboxylic acids is 1. The molecule has 0 aliphatic carbocycles. The zero-order chi connectivity index (χ0) is 17.6. The minimum Gasteiger partial charge on any atom is -0.370 e. The molecule has 0 atom stereocenters. The van der Waals surface area contributed by atoms with E-state index in [4.69, 9.17) is 5.26 Å². The number of Topliss-reactive ketones (excluding diaryl/α,β-unsaturated/α-hetero) is 1. The first-order valence-corrected chi connectivity index (χ1v) is 8.45. The lowest BCUT2D eigenvalue weighted by molar-refractivity contribution is 0.101. The standard InChI is InChI=1S/C20H20N4O/c1-15(25)16-5-7-18(8-6-16)22-23-19-9-10-20-17(14-19)4-2-12-24(20)13-3-11-21/h5-10,14H,2-4,12-13H2,1H3. The summed E-state index contributed by atoms with van der Waals surface area (Å²) in [7, 11) is 0. The Hall–Kier alpha value is -3.00. The van der Waals surface area contributed by atoms with E-state index in [1.807, 2.05) is 6.07 Å². The number of anilines is 1. The Kier molecular flexibility index (Phi) is 5.20. The maximum absolute atomic E-state index is 11.3. The molecule has 1 aliphatic rings. The number of aryl methyl sites for hydroxylation is 1. The van der Waals surface area contributed by atoms with Crippen LogP contribution in [0.3, 0.4) is 0 Å². The zero-order valence-electron chi connectivity index (χ0n) is 14.3. The van der Waals surface area contributed by atoms with Crippen LogP contribution in [0.4, 0.5) is 17.1 Å². The van der Waals surface area contributed by atoms with Crippen LogP contribution in [0.2, 0.25) is 0 Å². The van der Waals surface area contributed by atoms with Crippen molar-refractivity contribution in [3.8, 4) is 6.07 Å². The van der Waals surface area contributed by atoms with Crippen molar-refractivity contribution in [1.82, 2.24) is 0 Å². The number of hydrogen-bond acceptors (Lipinski definition) is 5. The monoisotopic (exact) mass is 332 g/mol. The van der Waals surface area contributed by atoms with Gasteiger partial charge in [0.05, 0.1) is 23.9 Å². The predicted molar refractivity (Wildman–Crippen MR) is 97.8 cm³/mol. The zero-order valence-corrected chi connectivity index (χ0v) is 14.3. The topological polar surface area (TPSA) is 68.8 Å². The Balaban J connectivity index is 1.75. The number of nitrogens with zero attached hydrogens (tertiary/aromatic N) is 4. The molecule has 0 bridgehead atoms. The van der Waals surface area contributed by atoms with Crippen LogP contribution >= 0.6 is 0 Å². The minimum absolute atomic E-state index is 0.0409. The minimum atomic E-state index is 0.0409. The molecule has 3 rings (SSSR count). The largest absolute Gasteiger partial charge is 0.370 e. The van der Waals surface area contributed by atoms with E-state index >= 15 is 0 Å². The fourth-order valence-electron chi connectivity index (χ4n) is 3.02. The number of ketones is 1. The molecule has 25 heavy (non-hydrogen) atoms. The van der Waals surface area contributed by atoms with Crippen molar-refractivity contribution in [2.24, 2.45) is 10.2 Å². The molecule has 126 valence electrons. The second-order valence-electron chi connectivity index (χ2n) is 6.11. The van der Waals surface area contributed by atoms with E-state index in [0.29, 0.717) is 12.0 Å². The van der Waals surface area contributed by atoms with E-state index in [1.165, 1.54) is 11.3 Å². The fraction of sp³-hybridized carbons (Fsp3) is 0.300. The van der Waals surface area contributed by atoms with E-state index in [9.17, 15) is 4.79 Å². The molecule has 0 saturated carbocycles. The van der Waals surface area contributed by atoms with Gasteiger partial charge in [-0.05, 0) is 67.8 Å². The molecular formula is C20H20N4O. The molecule has 0 aromatic heterocycles. The molecule has 0 radical (unpaired) electrons. The number of carbonyl (C=O) groups is 1. The van der Waals surface area contributed by atoms with E-state index in [0.717, 1.165) is 37.3 Å². The van der Waals surface area contributed by atoms with Crippen LogP contribution in [0.15, 0.2) is 52.7 Å². The Labute approximate surface area is 147 Å². The summed E-state index contributed by atoms with van der Waals surface area (Å²) in [6.45, 7) is 3.31. The third-order valence-electron chi connectivity index (χ3n) is 4.33. The van der Waals surface area contributed by atoms with E-state index in [2.05, 4.69) is 33.3 Å². The van der Waals surface area contributed by atoms with Gasteiger partial charge in [-0.2, -0.15) is 15.5 Å². The molecule has 1 heterocycles. The van der Waals surface area contributed by atoms with Gasteiger partial charge in [0, 0.05) is 24.3 Å². The Bertz CT molecular complexity index is 834. The average molecular weight is 332 g/mol. The van der Waals surface area contributed by atoms with Crippen molar-refractivity contribution >= 4 is 22.8 Å². The van der Waals surface area contributed by atoms with Gasteiger partial charge in [-0.25, -0.2) is 0 Å². The number of hydrogen-bond donors (Lipinski definition) is 0. The summed E-state index contributed by atoms with van der Waals surface area (Å²) in [5.41, 5.74) is 4.67. The van der Waals surface area contributed by atoms with Crippen molar-refractivity contribution in [2.75, 3.05) is 18.0 Å². The lowest BCUT2D eigenvalue weighted by Crippen LogP contribution is -2.30. The van der Waals surface area contributed by atoms with Crippen LogP contribution in [-0.2, 0) is 6.42 Å². The third-order valence-corrected chi connectivity index (χ3v) is 4.33. The predicted octanol–water partition coefficient (Wildman–Crippen LogP) is 4.97. The highest BCUT2D eigenvalue weighted by Gasteiger charge is 2.16. The van der Waals surface area contributed by atoms with E-state index in [1.54, 1.807) is 31.2 Å². The number of fused-ring (bicyclic) bond motifs is 1. The Morgan fingerprint density at radius 2 is 1.88 bits per heavy atom. The van der Waals surface area contributed by atoms with Crippen LogP contribution in [0, 0.1) is 11.3 Å².